The average Bonchev–Trinajstić information content (AvgIpc) is 3.16. The summed E-state index contributed by atoms with van der Waals surface area (Å²) < 4.78 is 6.75. The summed E-state index contributed by atoms with van der Waals surface area (Å²) in [6, 6.07) is 12.0. The number of benzene rings is 2. The van der Waals surface area contributed by atoms with Crippen LogP contribution in [0.15, 0.2) is 46.0 Å². The Labute approximate surface area is 189 Å². The monoisotopic (exact) mass is 488 g/mol. The van der Waals surface area contributed by atoms with E-state index < -0.39 is 0 Å². The van der Waals surface area contributed by atoms with Gasteiger partial charge in [0, 0.05) is 10.2 Å². The van der Waals surface area contributed by atoms with Crippen LogP contribution in [0.1, 0.15) is 42.3 Å². The molecule has 1 amide bonds. The molecule has 2 aromatic carbocycles. The van der Waals surface area contributed by atoms with Gasteiger partial charge in [-0.05, 0) is 60.7 Å². The van der Waals surface area contributed by atoms with Crippen molar-refractivity contribution in [2.24, 2.45) is 0 Å². The number of carbonyl (C=O) groups is 1. The fourth-order valence-corrected chi connectivity index (χ4v) is 4.23. The first-order chi connectivity index (χ1) is 14.3. The third-order valence-corrected chi connectivity index (χ3v) is 5.83. The summed E-state index contributed by atoms with van der Waals surface area (Å²) in [5, 5.41) is 10.5. The van der Waals surface area contributed by atoms with E-state index in [0.717, 1.165) is 27.0 Å². The lowest BCUT2D eigenvalue weighted by atomic mass is 10.0. The highest BCUT2D eigenvalue weighted by Gasteiger charge is 2.11. The van der Waals surface area contributed by atoms with Gasteiger partial charge in [-0.3, -0.25) is 9.89 Å². The van der Waals surface area contributed by atoms with Crippen molar-refractivity contribution < 1.29 is 9.53 Å². The molecule has 1 aromatic heterocycles. The van der Waals surface area contributed by atoms with Crippen molar-refractivity contribution >= 4 is 39.3 Å². The second-order valence-corrected chi connectivity index (χ2v) is 9.19. The zero-order chi connectivity index (χ0) is 21.7. The van der Waals surface area contributed by atoms with Crippen LogP contribution < -0.4 is 10.1 Å². The number of H-pyrrole nitrogens is 1. The molecule has 0 atom stereocenters. The smallest absolute Gasteiger partial charge is 0.234 e. The van der Waals surface area contributed by atoms with Crippen LogP contribution in [0, 0.1) is 13.8 Å². The van der Waals surface area contributed by atoms with Crippen LogP contribution in [0.3, 0.4) is 0 Å². The molecule has 0 spiro atoms. The van der Waals surface area contributed by atoms with Crippen LogP contribution in [0.4, 0.5) is 5.69 Å². The van der Waals surface area contributed by atoms with E-state index in [4.69, 9.17) is 4.74 Å². The van der Waals surface area contributed by atoms with Crippen molar-refractivity contribution in [1.29, 1.82) is 0 Å². The second-order valence-electron chi connectivity index (χ2n) is 7.33. The van der Waals surface area contributed by atoms with E-state index in [2.05, 4.69) is 62.4 Å². The standard InChI is InChI=1S/C22H25BrN4O2S/c1-13(2)16-5-7-18(8-6-16)29-11-19-24-22(27-26-19)30-12-20(28)25-21-14(3)9-17(23)10-15(21)4/h5-10,13H,11-12H2,1-4H3,(H,25,28)(H,24,26,27). The fourth-order valence-electron chi connectivity index (χ4n) is 2.92. The van der Waals surface area contributed by atoms with Gasteiger partial charge in [0.2, 0.25) is 11.1 Å². The largest absolute Gasteiger partial charge is 0.486 e. The van der Waals surface area contributed by atoms with Gasteiger partial charge in [0.25, 0.3) is 0 Å². The number of aromatic amines is 1. The molecule has 30 heavy (non-hydrogen) atoms. The maximum Gasteiger partial charge on any atom is 0.234 e. The number of nitrogens with one attached hydrogen (secondary N) is 2. The van der Waals surface area contributed by atoms with Gasteiger partial charge in [0.1, 0.15) is 12.4 Å². The Balaban J connectivity index is 1.49. The minimum absolute atomic E-state index is 0.0960. The fraction of sp³-hybridized carbons (Fsp3) is 0.318. The number of hydrogen-bond acceptors (Lipinski definition) is 5. The Morgan fingerprint density at radius 3 is 2.50 bits per heavy atom. The number of anilines is 1. The highest BCUT2D eigenvalue weighted by molar-refractivity contribution is 9.10. The molecule has 0 fully saturated rings. The number of amides is 1. The summed E-state index contributed by atoms with van der Waals surface area (Å²) in [4.78, 5) is 16.7. The SMILES string of the molecule is Cc1cc(Br)cc(C)c1NC(=O)CSc1n[nH]c(COc2ccc(C(C)C)cc2)n1. The summed E-state index contributed by atoms with van der Waals surface area (Å²) in [7, 11) is 0. The number of hydrogen-bond donors (Lipinski definition) is 2. The van der Waals surface area contributed by atoms with E-state index in [1.165, 1.54) is 17.3 Å². The minimum Gasteiger partial charge on any atom is -0.486 e. The molecule has 0 aliphatic rings. The number of rotatable bonds is 8. The first kappa shape index (κ1) is 22.4. The molecule has 2 N–H and O–H groups in total. The van der Waals surface area contributed by atoms with Gasteiger partial charge in [-0.2, -0.15) is 0 Å². The van der Waals surface area contributed by atoms with Crippen LogP contribution in [0.25, 0.3) is 0 Å². The molecule has 0 radical (unpaired) electrons. The molecule has 6 nitrogen and oxygen atoms in total. The lowest BCUT2D eigenvalue weighted by Crippen LogP contribution is -2.16. The topological polar surface area (TPSA) is 79.9 Å². The molecule has 0 saturated heterocycles. The lowest BCUT2D eigenvalue weighted by molar-refractivity contribution is -0.113. The van der Waals surface area contributed by atoms with Crippen molar-refractivity contribution in [3.05, 3.63) is 63.4 Å². The van der Waals surface area contributed by atoms with Gasteiger partial charge < -0.3 is 10.1 Å². The van der Waals surface area contributed by atoms with E-state index in [1.807, 2.05) is 38.1 Å². The first-order valence-electron chi connectivity index (χ1n) is 9.65. The third kappa shape index (κ3) is 6.09. The summed E-state index contributed by atoms with van der Waals surface area (Å²) in [5.74, 6) is 2.02. The molecule has 0 unspecified atom stereocenters. The zero-order valence-electron chi connectivity index (χ0n) is 17.5. The van der Waals surface area contributed by atoms with Crippen LogP contribution >= 0.6 is 27.7 Å². The number of thioether (sulfide) groups is 1. The molecule has 1 heterocycles. The van der Waals surface area contributed by atoms with E-state index in [0.29, 0.717) is 16.9 Å². The summed E-state index contributed by atoms with van der Waals surface area (Å²) in [6.07, 6.45) is 0. The average molecular weight is 489 g/mol. The van der Waals surface area contributed by atoms with Crippen molar-refractivity contribution in [2.45, 2.75) is 45.4 Å². The highest BCUT2D eigenvalue weighted by atomic mass is 79.9. The van der Waals surface area contributed by atoms with Crippen molar-refractivity contribution in [1.82, 2.24) is 15.2 Å². The van der Waals surface area contributed by atoms with Crippen molar-refractivity contribution in [2.75, 3.05) is 11.1 Å². The van der Waals surface area contributed by atoms with Gasteiger partial charge in [0.15, 0.2) is 5.82 Å². The summed E-state index contributed by atoms with van der Waals surface area (Å²) >= 11 is 4.75. The molecule has 3 rings (SSSR count). The molecule has 0 aliphatic carbocycles. The number of halogens is 1. The molecular weight excluding hydrogens is 464 g/mol. The van der Waals surface area contributed by atoms with Crippen molar-refractivity contribution in [3.8, 4) is 5.75 Å². The zero-order valence-corrected chi connectivity index (χ0v) is 19.9. The van der Waals surface area contributed by atoms with Gasteiger partial charge in [0.05, 0.1) is 5.75 Å². The predicted molar refractivity (Wildman–Crippen MR) is 124 cm³/mol. The normalized spacial score (nSPS) is 11.0. The Bertz CT molecular complexity index is 995. The molecule has 8 heteroatoms. The van der Waals surface area contributed by atoms with E-state index >= 15 is 0 Å². The molecular formula is C22H25BrN4O2S. The Kier molecular flexibility index (Phi) is 7.55. The second kappa shape index (κ2) is 10.1. The minimum atomic E-state index is -0.0960. The number of nitrogens with zero attached hydrogens (tertiary/aromatic N) is 2. The number of aryl methyl sites for hydroxylation is 2. The Morgan fingerprint density at radius 1 is 1.20 bits per heavy atom. The predicted octanol–water partition coefficient (Wildman–Crippen LogP) is 5.62. The number of carbonyl (C=O) groups excluding carboxylic acids is 1. The number of ether oxygens (including phenoxy) is 1. The van der Waals surface area contributed by atoms with Crippen LogP contribution in [0.5, 0.6) is 5.75 Å². The Hall–Kier alpha value is -2.32. The molecule has 0 aliphatic heterocycles. The highest BCUT2D eigenvalue weighted by Crippen LogP contribution is 2.25. The third-order valence-electron chi connectivity index (χ3n) is 4.53. The first-order valence-corrected chi connectivity index (χ1v) is 11.4. The number of aromatic nitrogens is 3. The summed E-state index contributed by atoms with van der Waals surface area (Å²) in [5.41, 5.74) is 4.14. The quantitative estimate of drug-likeness (QED) is 0.402. The molecule has 0 bridgehead atoms. The van der Waals surface area contributed by atoms with Crippen molar-refractivity contribution in [3.63, 3.8) is 0 Å². The molecule has 0 saturated carbocycles. The van der Waals surface area contributed by atoms with Gasteiger partial charge in [-0.25, -0.2) is 4.98 Å². The summed E-state index contributed by atoms with van der Waals surface area (Å²) in [6.45, 7) is 8.55. The lowest BCUT2D eigenvalue weighted by Gasteiger charge is -2.11. The van der Waals surface area contributed by atoms with E-state index in [1.54, 1.807) is 0 Å². The van der Waals surface area contributed by atoms with Gasteiger partial charge in [-0.1, -0.05) is 53.7 Å². The maximum absolute atomic E-state index is 12.3. The van der Waals surface area contributed by atoms with Crippen LogP contribution in [0.2, 0.25) is 0 Å². The maximum atomic E-state index is 12.3. The molecule has 158 valence electrons. The van der Waals surface area contributed by atoms with Crippen LogP contribution in [-0.4, -0.2) is 26.8 Å². The van der Waals surface area contributed by atoms with Gasteiger partial charge in [-0.15, -0.1) is 5.10 Å². The van der Waals surface area contributed by atoms with E-state index in [9.17, 15) is 4.79 Å². The van der Waals surface area contributed by atoms with Gasteiger partial charge >= 0.3 is 0 Å². The molecule has 3 aromatic rings. The Morgan fingerprint density at radius 2 is 1.87 bits per heavy atom. The van der Waals surface area contributed by atoms with E-state index in [-0.39, 0.29) is 18.3 Å². The van der Waals surface area contributed by atoms with Crippen LogP contribution in [-0.2, 0) is 11.4 Å².